The number of carbonyl (C=O) groups excluding carboxylic acids is 1. The number of halogens is 1. The topological polar surface area (TPSA) is 65.2 Å². The zero-order chi connectivity index (χ0) is 12.7. The predicted molar refractivity (Wildman–Crippen MR) is 70.3 cm³/mol. The van der Waals surface area contributed by atoms with Crippen molar-refractivity contribution in [2.75, 3.05) is 6.61 Å². The van der Waals surface area contributed by atoms with Crippen LogP contribution in [-0.2, 0) is 6.42 Å². The number of primary amides is 1. The number of nitrogens with two attached hydrogens (primary N) is 1. The first kappa shape index (κ1) is 11.5. The number of hydrogen-bond acceptors (Lipinski definition) is 4. The fraction of sp³-hybridized carbons (Fsp3) is 0.167. The van der Waals surface area contributed by atoms with E-state index in [1.807, 2.05) is 6.07 Å². The number of carbonyl (C=O) groups is 1. The second-order valence-corrected chi connectivity index (χ2v) is 5.35. The zero-order valence-corrected chi connectivity index (χ0v) is 10.8. The van der Waals surface area contributed by atoms with Crippen LogP contribution >= 0.6 is 22.9 Å². The smallest absolute Gasteiger partial charge is 0.258 e. The molecule has 1 amide bonds. The summed E-state index contributed by atoms with van der Waals surface area (Å²) >= 11 is 7.24. The number of nitrogens with zero attached hydrogens (tertiary/aromatic N) is 1. The molecule has 3 heterocycles. The maximum Gasteiger partial charge on any atom is 0.258 e. The lowest BCUT2D eigenvalue weighted by molar-refractivity contribution is 0.100. The molecule has 0 radical (unpaired) electrons. The van der Waals surface area contributed by atoms with Crippen molar-refractivity contribution in [3.05, 3.63) is 33.8 Å². The molecule has 0 saturated carbocycles. The van der Waals surface area contributed by atoms with E-state index in [0.717, 1.165) is 16.9 Å². The molecule has 0 atom stereocenters. The minimum Gasteiger partial charge on any atom is -0.491 e. The van der Waals surface area contributed by atoms with E-state index in [-0.39, 0.29) is 0 Å². The lowest BCUT2D eigenvalue weighted by Gasteiger charge is -2.05. The normalized spacial score (nSPS) is 13.2. The summed E-state index contributed by atoms with van der Waals surface area (Å²) in [5.41, 5.74) is 7.03. The van der Waals surface area contributed by atoms with Crippen LogP contribution < -0.4 is 10.5 Å². The minimum atomic E-state index is -0.419. The Hall–Kier alpha value is -1.59. The lowest BCUT2D eigenvalue weighted by atomic mass is 10.1. The standard InChI is InChI=1S/C12H9ClN2O2S/c13-9-2-1-7-10(15-9)11-6(3-4-17-7)5-8(18-11)12(14)16/h1-2,5H,3-4H2,(H2,14,16). The molecule has 6 heteroatoms. The fourth-order valence-corrected chi connectivity index (χ4v) is 3.11. The fourth-order valence-electron chi connectivity index (χ4n) is 1.91. The summed E-state index contributed by atoms with van der Waals surface area (Å²) in [6.45, 7) is 0.554. The molecule has 0 fully saturated rings. The van der Waals surface area contributed by atoms with E-state index in [0.29, 0.717) is 28.1 Å². The van der Waals surface area contributed by atoms with Gasteiger partial charge in [0.05, 0.1) is 16.4 Å². The van der Waals surface area contributed by atoms with Crippen LogP contribution in [0.4, 0.5) is 0 Å². The monoisotopic (exact) mass is 280 g/mol. The van der Waals surface area contributed by atoms with Gasteiger partial charge in [0, 0.05) is 6.42 Å². The third kappa shape index (κ3) is 1.85. The summed E-state index contributed by atoms with van der Waals surface area (Å²) in [5.74, 6) is 0.272. The van der Waals surface area contributed by atoms with E-state index in [9.17, 15) is 4.79 Å². The van der Waals surface area contributed by atoms with Gasteiger partial charge in [0.15, 0.2) is 0 Å². The molecular weight excluding hydrogens is 272 g/mol. The SMILES string of the molecule is NC(=O)c1cc2c(s1)-c1nc(Cl)ccc1OCC2. The van der Waals surface area contributed by atoms with Crippen LogP contribution in [0.5, 0.6) is 5.75 Å². The molecule has 0 bridgehead atoms. The van der Waals surface area contributed by atoms with Gasteiger partial charge in [0.1, 0.15) is 16.6 Å². The quantitative estimate of drug-likeness (QED) is 0.816. The molecule has 2 aromatic heterocycles. The third-order valence-electron chi connectivity index (χ3n) is 2.72. The van der Waals surface area contributed by atoms with E-state index in [2.05, 4.69) is 4.98 Å². The molecule has 0 spiro atoms. The van der Waals surface area contributed by atoms with Crippen LogP contribution in [-0.4, -0.2) is 17.5 Å². The number of thiophene rings is 1. The Morgan fingerprint density at radius 2 is 2.33 bits per heavy atom. The molecule has 0 aliphatic carbocycles. The van der Waals surface area contributed by atoms with Gasteiger partial charge in [0.25, 0.3) is 5.91 Å². The molecule has 3 rings (SSSR count). The summed E-state index contributed by atoms with van der Waals surface area (Å²) in [4.78, 5) is 17.0. The summed E-state index contributed by atoms with van der Waals surface area (Å²) in [5, 5.41) is 0.402. The highest BCUT2D eigenvalue weighted by atomic mass is 35.5. The maximum atomic E-state index is 11.2. The van der Waals surface area contributed by atoms with Crippen LogP contribution in [0.1, 0.15) is 15.2 Å². The summed E-state index contributed by atoms with van der Waals surface area (Å²) in [6.07, 6.45) is 0.729. The van der Waals surface area contributed by atoms with Gasteiger partial charge in [-0.25, -0.2) is 4.98 Å². The van der Waals surface area contributed by atoms with Crippen molar-refractivity contribution < 1.29 is 9.53 Å². The first-order valence-electron chi connectivity index (χ1n) is 5.37. The Kier molecular flexibility index (Phi) is 2.72. The molecule has 4 nitrogen and oxygen atoms in total. The summed E-state index contributed by atoms with van der Waals surface area (Å²) in [7, 11) is 0. The first-order chi connectivity index (χ1) is 8.65. The molecule has 0 aromatic carbocycles. The highest BCUT2D eigenvalue weighted by Crippen LogP contribution is 2.39. The van der Waals surface area contributed by atoms with Gasteiger partial charge in [0.2, 0.25) is 0 Å². The largest absolute Gasteiger partial charge is 0.491 e. The number of ether oxygens (including phenoxy) is 1. The van der Waals surface area contributed by atoms with E-state index in [4.69, 9.17) is 22.1 Å². The van der Waals surface area contributed by atoms with Gasteiger partial charge in [-0.1, -0.05) is 11.6 Å². The van der Waals surface area contributed by atoms with Gasteiger partial charge in [-0.05, 0) is 23.8 Å². The molecule has 2 N–H and O–H groups in total. The van der Waals surface area contributed by atoms with Gasteiger partial charge < -0.3 is 10.5 Å². The van der Waals surface area contributed by atoms with Gasteiger partial charge >= 0.3 is 0 Å². The number of fused-ring (bicyclic) bond motifs is 3. The Bertz CT molecular complexity index is 639. The number of amides is 1. The van der Waals surface area contributed by atoms with Crippen LogP contribution in [0.15, 0.2) is 18.2 Å². The first-order valence-corrected chi connectivity index (χ1v) is 6.57. The number of hydrogen-bond donors (Lipinski definition) is 1. The van der Waals surface area contributed by atoms with Crippen molar-refractivity contribution in [1.29, 1.82) is 0 Å². The van der Waals surface area contributed by atoms with Gasteiger partial charge in [-0.2, -0.15) is 0 Å². The van der Waals surface area contributed by atoms with Crippen molar-refractivity contribution in [2.45, 2.75) is 6.42 Å². The highest BCUT2D eigenvalue weighted by Gasteiger charge is 2.21. The third-order valence-corrected chi connectivity index (χ3v) is 4.13. The van der Waals surface area contributed by atoms with Crippen molar-refractivity contribution in [3.63, 3.8) is 0 Å². The van der Waals surface area contributed by atoms with Crippen molar-refractivity contribution in [1.82, 2.24) is 4.98 Å². The van der Waals surface area contributed by atoms with E-state index >= 15 is 0 Å². The molecule has 0 saturated heterocycles. The molecular formula is C12H9ClN2O2S. The van der Waals surface area contributed by atoms with Crippen molar-refractivity contribution in [2.24, 2.45) is 5.73 Å². The number of rotatable bonds is 1. The summed E-state index contributed by atoms with van der Waals surface area (Å²) in [6, 6.07) is 5.29. The highest BCUT2D eigenvalue weighted by molar-refractivity contribution is 7.17. The predicted octanol–water partition coefficient (Wildman–Crippen LogP) is 2.50. The second kappa shape index (κ2) is 4.26. The lowest BCUT2D eigenvalue weighted by Crippen LogP contribution is -2.08. The summed E-state index contributed by atoms with van der Waals surface area (Å²) < 4.78 is 5.61. The molecule has 0 unspecified atom stereocenters. The second-order valence-electron chi connectivity index (χ2n) is 3.91. The average molecular weight is 281 g/mol. The van der Waals surface area contributed by atoms with E-state index in [1.165, 1.54) is 11.3 Å². The Morgan fingerprint density at radius 1 is 1.50 bits per heavy atom. The van der Waals surface area contributed by atoms with Crippen molar-refractivity contribution >= 4 is 28.8 Å². The maximum absolute atomic E-state index is 11.2. The van der Waals surface area contributed by atoms with Gasteiger partial charge in [-0.15, -0.1) is 11.3 Å². The van der Waals surface area contributed by atoms with E-state index < -0.39 is 5.91 Å². The van der Waals surface area contributed by atoms with Crippen LogP contribution in [0.3, 0.4) is 0 Å². The average Bonchev–Trinajstić information content (AvgIpc) is 2.68. The number of pyridine rings is 1. The minimum absolute atomic E-state index is 0.402. The van der Waals surface area contributed by atoms with Crippen molar-refractivity contribution in [3.8, 4) is 16.3 Å². The van der Waals surface area contributed by atoms with Crippen LogP contribution in [0.25, 0.3) is 10.6 Å². The zero-order valence-electron chi connectivity index (χ0n) is 9.27. The Morgan fingerprint density at radius 3 is 3.11 bits per heavy atom. The van der Waals surface area contributed by atoms with Crippen LogP contribution in [0, 0.1) is 0 Å². The molecule has 2 aromatic rings. The number of aromatic nitrogens is 1. The molecule has 92 valence electrons. The molecule has 18 heavy (non-hydrogen) atoms. The Labute approximate surface area is 112 Å². The van der Waals surface area contributed by atoms with E-state index in [1.54, 1.807) is 12.1 Å². The van der Waals surface area contributed by atoms with Crippen LogP contribution in [0.2, 0.25) is 5.15 Å². The molecule has 1 aliphatic heterocycles. The molecule has 1 aliphatic rings. The Balaban J connectivity index is 2.22. The van der Waals surface area contributed by atoms with Gasteiger partial charge in [-0.3, -0.25) is 4.79 Å².